The fraction of sp³-hybridized carbons (Fsp3) is 0.361. The van der Waals surface area contributed by atoms with E-state index in [0.29, 0.717) is 100 Å². The number of Topliss-reactive ketones (excluding diaryl/α,β-unsaturated/α-hetero) is 4. The van der Waals surface area contributed by atoms with Crippen LogP contribution < -0.4 is 0 Å². The van der Waals surface area contributed by atoms with Crippen molar-refractivity contribution in [1.29, 1.82) is 0 Å². The minimum Gasteiger partial charge on any atom is -0.459 e. The highest BCUT2D eigenvalue weighted by molar-refractivity contribution is 7.39. The molecule has 0 saturated heterocycles. The van der Waals surface area contributed by atoms with E-state index in [2.05, 4.69) is 0 Å². The number of ether oxygens (including phenoxy) is 4. The summed E-state index contributed by atoms with van der Waals surface area (Å²) in [6, 6.07) is 35.9. The van der Waals surface area contributed by atoms with E-state index in [4.69, 9.17) is 28.9 Å². The van der Waals surface area contributed by atoms with Gasteiger partial charge >= 0.3 is 23.9 Å². The fourth-order valence-electron chi connectivity index (χ4n) is 16.0. The quantitative estimate of drug-likeness (QED) is 0.0568. The molecule has 3 aromatic heterocycles. The summed E-state index contributed by atoms with van der Waals surface area (Å²) in [5, 5.41) is 0. The minimum atomic E-state index is -2.53. The van der Waals surface area contributed by atoms with E-state index in [1.165, 1.54) is 22.7 Å². The molecule has 0 radical (unpaired) electrons. The monoisotopic (exact) mass is 1240 g/mol. The average Bonchev–Trinajstić information content (AvgIpc) is 1.52. The van der Waals surface area contributed by atoms with Crippen molar-refractivity contribution in [3.05, 3.63) is 176 Å². The number of carbonyl (C=O) groups is 8. The highest BCUT2D eigenvalue weighted by atomic mass is 32.1. The Morgan fingerprint density at radius 3 is 0.921 bits per heavy atom. The molecular weight excluding hydrogens is 1180 g/mol. The molecule has 6 saturated carbocycles. The molecule has 8 aliphatic carbocycles. The number of nitrogens with zero attached hydrogens (tertiary/aromatic N) is 2. The second kappa shape index (κ2) is 23.0. The SMILES string of the molecule is O=C1C(=NC2=Cc3sc4c(sc5c6c(sc54)C=C(N=C4C(=O)C5CC7CCCCC7CC5C4=O)C6(C(=O)OCc4ccccc4)C(=O)OCc4ccccc4)c3C2(C(=O)OCc2ccccc2)C(=O)OCc2ccccc2)C(=O)C2CC3CCCCC3CC12. The van der Waals surface area contributed by atoms with E-state index in [1.54, 1.807) is 109 Å². The van der Waals surface area contributed by atoms with Gasteiger partial charge in [0.15, 0.2) is 23.1 Å². The van der Waals surface area contributed by atoms with Gasteiger partial charge in [-0.15, -0.1) is 34.0 Å². The molecule has 15 rings (SSSR count). The lowest BCUT2D eigenvalue weighted by molar-refractivity contribution is -0.166. The molecule has 8 unspecified atom stereocenters. The number of hydrogen-bond acceptors (Lipinski definition) is 17. The second-order valence-electron chi connectivity index (χ2n) is 25.3. The summed E-state index contributed by atoms with van der Waals surface area (Å²) in [4.78, 5) is 133. The van der Waals surface area contributed by atoms with E-state index in [1.807, 2.05) is 24.3 Å². The molecule has 450 valence electrons. The zero-order valence-electron chi connectivity index (χ0n) is 48.7. The third-order valence-corrected chi connectivity index (χ3v) is 24.3. The van der Waals surface area contributed by atoms with E-state index in [9.17, 15) is 19.2 Å². The first-order valence-electron chi connectivity index (χ1n) is 31.1. The Bertz CT molecular complexity index is 3780. The molecule has 8 atom stereocenters. The van der Waals surface area contributed by atoms with Crippen LogP contribution in [-0.2, 0) is 94.6 Å². The summed E-state index contributed by atoms with van der Waals surface area (Å²) in [7, 11) is 0. The van der Waals surface area contributed by atoms with Gasteiger partial charge in [-0.05, 0) is 83.8 Å². The number of ketones is 4. The van der Waals surface area contributed by atoms with Gasteiger partial charge in [-0.2, -0.15) is 0 Å². The van der Waals surface area contributed by atoms with Gasteiger partial charge in [-0.1, -0.05) is 173 Å². The molecule has 0 bridgehead atoms. The van der Waals surface area contributed by atoms with Gasteiger partial charge in [0.05, 0.1) is 30.2 Å². The molecule has 6 fully saturated rings. The Balaban J connectivity index is 0.913. The largest absolute Gasteiger partial charge is 0.459 e. The lowest BCUT2D eigenvalue weighted by Crippen LogP contribution is -2.46. The maximum absolute atomic E-state index is 15.9. The summed E-state index contributed by atoms with van der Waals surface area (Å²) in [6.07, 6.45) is 13.7. The van der Waals surface area contributed by atoms with Crippen molar-refractivity contribution in [2.75, 3.05) is 0 Å². The molecule has 4 aromatic carbocycles. The highest BCUT2D eigenvalue weighted by Crippen LogP contribution is 2.62. The smallest absolute Gasteiger partial charge is 0.334 e. The molecule has 0 spiro atoms. The third kappa shape index (κ3) is 9.50. The third-order valence-electron chi connectivity index (χ3n) is 20.4. The fourth-order valence-corrected chi connectivity index (χ4v) is 20.6. The van der Waals surface area contributed by atoms with E-state index in [0.717, 1.165) is 62.7 Å². The van der Waals surface area contributed by atoms with Crippen LogP contribution in [0.3, 0.4) is 0 Å². The Morgan fingerprint density at radius 2 is 0.652 bits per heavy atom. The first-order valence-corrected chi connectivity index (χ1v) is 33.5. The summed E-state index contributed by atoms with van der Waals surface area (Å²) < 4.78 is 27.1. The summed E-state index contributed by atoms with van der Waals surface area (Å²) in [5.74, 6) is -6.82. The minimum absolute atomic E-state index is 0.150. The van der Waals surface area contributed by atoms with Crippen molar-refractivity contribution in [2.24, 2.45) is 57.3 Å². The van der Waals surface area contributed by atoms with Crippen LogP contribution in [0.5, 0.6) is 0 Å². The van der Waals surface area contributed by atoms with Crippen molar-refractivity contribution >= 4 is 123 Å². The molecule has 0 N–H and O–H groups in total. The molecule has 14 nitrogen and oxygen atoms in total. The molecule has 3 heterocycles. The van der Waals surface area contributed by atoms with Crippen LogP contribution >= 0.6 is 34.0 Å². The number of esters is 4. The van der Waals surface area contributed by atoms with Crippen molar-refractivity contribution in [3.63, 3.8) is 0 Å². The summed E-state index contributed by atoms with van der Waals surface area (Å²) in [5.41, 5.74) is -3.27. The van der Waals surface area contributed by atoms with Crippen LogP contribution in [0.4, 0.5) is 0 Å². The maximum atomic E-state index is 15.9. The Morgan fingerprint density at radius 1 is 0.382 bits per heavy atom. The number of benzene rings is 4. The van der Waals surface area contributed by atoms with Gasteiger partial charge in [0.25, 0.3) is 0 Å². The van der Waals surface area contributed by atoms with Gasteiger partial charge in [0.2, 0.25) is 10.8 Å². The molecule has 0 aliphatic heterocycles. The number of aliphatic imine (C=N–C) groups is 2. The van der Waals surface area contributed by atoms with Crippen LogP contribution in [0, 0.1) is 47.3 Å². The Hall–Kier alpha value is -8.12. The van der Waals surface area contributed by atoms with Crippen LogP contribution in [0.2, 0.25) is 0 Å². The molecule has 8 aliphatic rings. The topological polar surface area (TPSA) is 198 Å². The molecule has 0 amide bonds. The van der Waals surface area contributed by atoms with Gasteiger partial charge in [0, 0.05) is 44.6 Å². The molecule has 17 heteroatoms. The van der Waals surface area contributed by atoms with E-state index < -0.39 is 81.5 Å². The van der Waals surface area contributed by atoms with Crippen LogP contribution in [0.15, 0.2) is 143 Å². The number of fused-ring (bicyclic) bond motifs is 11. The van der Waals surface area contributed by atoms with E-state index in [-0.39, 0.29) is 60.4 Å². The number of carbonyl (C=O) groups excluding carboxylic acids is 8. The molecule has 7 aromatic rings. The predicted molar refractivity (Wildman–Crippen MR) is 338 cm³/mol. The zero-order valence-corrected chi connectivity index (χ0v) is 51.1. The Kier molecular flexibility index (Phi) is 14.8. The second-order valence-corrected chi connectivity index (χ2v) is 28.4. The van der Waals surface area contributed by atoms with Crippen molar-refractivity contribution in [2.45, 2.75) is 114 Å². The first kappa shape index (κ1) is 57.3. The number of hydrogen-bond donors (Lipinski definition) is 0. The highest BCUT2D eigenvalue weighted by Gasteiger charge is 2.64. The van der Waals surface area contributed by atoms with E-state index >= 15 is 19.2 Å². The zero-order chi connectivity index (χ0) is 60.7. The van der Waals surface area contributed by atoms with Gasteiger partial charge in [0.1, 0.15) is 37.9 Å². The van der Waals surface area contributed by atoms with Crippen LogP contribution in [-0.4, -0.2) is 58.4 Å². The normalized spacial score (nSPS) is 25.3. The maximum Gasteiger partial charge on any atom is 0.334 e. The predicted octanol–water partition coefficient (Wildman–Crippen LogP) is 13.2. The number of thiophene rings is 3. The van der Waals surface area contributed by atoms with Crippen molar-refractivity contribution in [3.8, 4) is 0 Å². The van der Waals surface area contributed by atoms with Gasteiger partial charge in [-0.25, -0.2) is 9.98 Å². The Labute approximate surface area is 525 Å². The van der Waals surface area contributed by atoms with Crippen molar-refractivity contribution in [1.82, 2.24) is 0 Å². The van der Waals surface area contributed by atoms with Crippen LogP contribution in [0.1, 0.15) is 120 Å². The van der Waals surface area contributed by atoms with Crippen molar-refractivity contribution < 1.29 is 57.3 Å². The van der Waals surface area contributed by atoms with Crippen LogP contribution in [0.25, 0.3) is 31.0 Å². The summed E-state index contributed by atoms with van der Waals surface area (Å²) >= 11 is 3.61. The lowest BCUT2D eigenvalue weighted by Gasteiger charge is -2.39. The van der Waals surface area contributed by atoms with Gasteiger partial charge in [-0.3, -0.25) is 38.4 Å². The van der Waals surface area contributed by atoms with Gasteiger partial charge < -0.3 is 18.9 Å². The first-order chi connectivity index (χ1) is 43.4. The number of rotatable bonds is 14. The molecule has 89 heavy (non-hydrogen) atoms. The standard InChI is InChI=1S/C72H62N2O12S3/c75-59-47-29-43-25-13-14-26-44(43)30-48(47)60(76)57(59)73-53-33-51-55(71(53,67(79)83-35-39-17-5-1-6-18-39)68(80)84-36-40-19-7-2-8-20-40)63-65(87-51)66-64(89-63)56-52(88-66)34-54(74-58-61(77)49-31-45-27-15-16-28-46(45)32-50(49)62(58)78)72(56,69(81)85-37-41-21-9-3-10-22-41)70(82)86-38-42-23-11-4-12-24-42/h1-12,17-24,33-34,43-50H,13-16,25-32,35-38H2. The molecular formula is C72H62N2O12S3. The summed E-state index contributed by atoms with van der Waals surface area (Å²) in [6.45, 7) is -1.05. The lowest BCUT2D eigenvalue weighted by atomic mass is 9.64. The average molecular weight is 1240 g/mol.